The normalized spacial score (nSPS) is 14.5. The van der Waals surface area contributed by atoms with Crippen molar-refractivity contribution in [2.45, 2.75) is 26.3 Å². The van der Waals surface area contributed by atoms with Gasteiger partial charge in [-0.2, -0.15) is 5.26 Å². The minimum atomic E-state index is 0.00129. The highest BCUT2D eigenvalue weighted by Gasteiger charge is 2.26. The third kappa shape index (κ3) is 4.39. The molecular formula is C24H23ClN4O. The van der Waals surface area contributed by atoms with Crippen molar-refractivity contribution in [1.29, 1.82) is 5.26 Å². The summed E-state index contributed by atoms with van der Waals surface area (Å²) >= 11 is 6.07. The molecule has 1 amide bonds. The summed E-state index contributed by atoms with van der Waals surface area (Å²) in [7, 11) is 0. The number of hydrogen-bond donors (Lipinski definition) is 1. The van der Waals surface area contributed by atoms with E-state index in [0.717, 1.165) is 48.2 Å². The van der Waals surface area contributed by atoms with E-state index < -0.39 is 0 Å². The molecule has 1 fully saturated rings. The third-order valence-corrected chi connectivity index (χ3v) is 5.89. The van der Waals surface area contributed by atoms with E-state index in [1.807, 2.05) is 24.3 Å². The average Bonchev–Trinajstić information content (AvgIpc) is 2.78. The van der Waals surface area contributed by atoms with Crippen LogP contribution in [0.5, 0.6) is 0 Å². The Morgan fingerprint density at radius 1 is 1.20 bits per heavy atom. The highest BCUT2D eigenvalue weighted by molar-refractivity contribution is 6.31. The van der Waals surface area contributed by atoms with Gasteiger partial charge < -0.3 is 10.2 Å². The second-order valence-corrected chi connectivity index (χ2v) is 8.20. The van der Waals surface area contributed by atoms with Crippen molar-refractivity contribution in [3.05, 3.63) is 70.2 Å². The van der Waals surface area contributed by atoms with Crippen molar-refractivity contribution in [3.63, 3.8) is 0 Å². The number of aromatic nitrogens is 1. The smallest absolute Gasteiger partial charge is 0.223 e. The molecule has 0 atom stereocenters. The molecule has 3 aromatic rings. The largest absolute Gasteiger partial charge is 0.357 e. The number of piperidine rings is 1. The molecule has 0 aliphatic carbocycles. The van der Waals surface area contributed by atoms with Crippen molar-refractivity contribution in [2.75, 3.05) is 18.0 Å². The number of nitrogens with zero attached hydrogens (tertiary/aromatic N) is 3. The van der Waals surface area contributed by atoms with E-state index in [2.05, 4.69) is 35.3 Å². The van der Waals surface area contributed by atoms with Crippen LogP contribution in [-0.2, 0) is 11.3 Å². The fraction of sp³-hybridized carbons (Fsp3) is 0.292. The lowest BCUT2D eigenvalue weighted by atomic mass is 9.95. The number of anilines is 1. The predicted octanol–water partition coefficient (Wildman–Crippen LogP) is 4.60. The Morgan fingerprint density at radius 3 is 2.63 bits per heavy atom. The van der Waals surface area contributed by atoms with Gasteiger partial charge in [0.2, 0.25) is 5.91 Å². The molecule has 0 unspecified atom stereocenters. The van der Waals surface area contributed by atoms with Crippen molar-refractivity contribution in [3.8, 4) is 6.07 Å². The molecule has 4 rings (SSSR count). The molecule has 0 saturated carbocycles. The number of pyridine rings is 1. The summed E-state index contributed by atoms with van der Waals surface area (Å²) in [5, 5.41) is 14.0. The molecular weight excluding hydrogens is 396 g/mol. The summed E-state index contributed by atoms with van der Waals surface area (Å²) in [6.07, 6.45) is 1.53. The van der Waals surface area contributed by atoms with E-state index >= 15 is 0 Å². The van der Waals surface area contributed by atoms with Crippen molar-refractivity contribution in [2.24, 2.45) is 5.92 Å². The van der Waals surface area contributed by atoms with Crippen LogP contribution in [0.3, 0.4) is 0 Å². The fourth-order valence-corrected chi connectivity index (χ4v) is 4.02. The maximum absolute atomic E-state index is 12.6. The molecule has 152 valence electrons. The molecule has 1 aliphatic heterocycles. The van der Waals surface area contributed by atoms with Crippen LogP contribution < -0.4 is 10.2 Å². The Labute approximate surface area is 181 Å². The zero-order valence-electron chi connectivity index (χ0n) is 16.9. The second kappa shape index (κ2) is 8.73. The van der Waals surface area contributed by atoms with Gasteiger partial charge in [0, 0.05) is 36.0 Å². The molecule has 1 N–H and O–H groups in total. The first-order valence-electron chi connectivity index (χ1n) is 10.1. The van der Waals surface area contributed by atoms with Gasteiger partial charge in [-0.25, -0.2) is 4.98 Å². The lowest BCUT2D eigenvalue weighted by molar-refractivity contribution is -0.125. The predicted molar refractivity (Wildman–Crippen MR) is 119 cm³/mol. The number of benzene rings is 2. The van der Waals surface area contributed by atoms with Crippen LogP contribution in [0.2, 0.25) is 5.02 Å². The lowest BCUT2D eigenvalue weighted by Crippen LogP contribution is -2.40. The number of nitriles is 1. The molecule has 0 spiro atoms. The Balaban J connectivity index is 1.39. The van der Waals surface area contributed by atoms with Crippen LogP contribution in [0, 0.1) is 24.2 Å². The van der Waals surface area contributed by atoms with Crippen molar-refractivity contribution < 1.29 is 4.79 Å². The number of aryl methyl sites for hydroxylation is 1. The first-order chi connectivity index (χ1) is 14.5. The molecule has 0 radical (unpaired) electrons. The number of hydrogen-bond acceptors (Lipinski definition) is 4. The van der Waals surface area contributed by atoms with Crippen LogP contribution in [0.1, 0.15) is 29.5 Å². The first-order valence-corrected chi connectivity index (χ1v) is 10.5. The van der Waals surface area contributed by atoms with Crippen molar-refractivity contribution >= 4 is 34.2 Å². The van der Waals surface area contributed by atoms with Crippen LogP contribution >= 0.6 is 11.6 Å². The maximum Gasteiger partial charge on any atom is 0.223 e. The number of halogens is 1. The summed E-state index contributed by atoms with van der Waals surface area (Å²) in [6, 6.07) is 17.7. The molecule has 1 saturated heterocycles. The fourth-order valence-electron chi connectivity index (χ4n) is 3.85. The van der Waals surface area contributed by atoms with Crippen molar-refractivity contribution in [1.82, 2.24) is 10.3 Å². The number of carbonyl (C=O) groups is 1. The number of fused-ring (bicyclic) bond motifs is 1. The van der Waals surface area contributed by atoms with Gasteiger partial charge in [-0.15, -0.1) is 0 Å². The van der Waals surface area contributed by atoms with Gasteiger partial charge in [0.15, 0.2) is 0 Å². The van der Waals surface area contributed by atoms with Gasteiger partial charge in [0.25, 0.3) is 0 Å². The number of rotatable bonds is 4. The lowest BCUT2D eigenvalue weighted by Gasteiger charge is -2.32. The standard InChI is InChI=1S/C24H23ClN4O/c1-16-2-4-17(5-3-16)15-27-24(30)18-8-10-29(11-9-18)23-12-19(14-26)21-13-20(25)6-7-22(21)28-23/h2-7,12-13,18H,8-11,15H2,1H3,(H,27,30). The first kappa shape index (κ1) is 20.2. The molecule has 30 heavy (non-hydrogen) atoms. The van der Waals surface area contributed by atoms with Gasteiger partial charge in [0.1, 0.15) is 5.82 Å². The van der Waals surface area contributed by atoms with Gasteiger partial charge in [-0.1, -0.05) is 41.4 Å². The highest BCUT2D eigenvalue weighted by Crippen LogP contribution is 2.28. The molecule has 1 aromatic heterocycles. The van der Waals surface area contributed by atoms with Crippen LogP contribution in [0.4, 0.5) is 5.82 Å². The minimum absolute atomic E-state index is 0.00129. The quantitative estimate of drug-likeness (QED) is 0.672. The molecule has 1 aliphatic rings. The summed E-state index contributed by atoms with van der Waals surface area (Å²) in [6.45, 7) is 4.08. The third-order valence-electron chi connectivity index (χ3n) is 5.65. The highest BCUT2D eigenvalue weighted by atomic mass is 35.5. The monoisotopic (exact) mass is 418 g/mol. The molecule has 6 heteroatoms. The summed E-state index contributed by atoms with van der Waals surface area (Å²) in [4.78, 5) is 19.5. The Morgan fingerprint density at radius 2 is 1.93 bits per heavy atom. The minimum Gasteiger partial charge on any atom is -0.357 e. The van der Waals surface area contributed by atoms with E-state index in [1.165, 1.54) is 5.56 Å². The number of carbonyl (C=O) groups excluding carboxylic acids is 1. The second-order valence-electron chi connectivity index (χ2n) is 7.77. The van der Waals surface area contributed by atoms with Gasteiger partial charge in [-0.05, 0) is 49.6 Å². The topological polar surface area (TPSA) is 69.0 Å². The maximum atomic E-state index is 12.6. The van der Waals surface area contributed by atoms with E-state index in [1.54, 1.807) is 12.1 Å². The summed E-state index contributed by atoms with van der Waals surface area (Å²) in [5.41, 5.74) is 3.64. The Hall–Kier alpha value is -3.10. The SMILES string of the molecule is Cc1ccc(CNC(=O)C2CCN(c3cc(C#N)c4cc(Cl)ccc4n3)CC2)cc1. The molecule has 2 heterocycles. The van der Waals surface area contributed by atoms with E-state index in [0.29, 0.717) is 17.1 Å². The van der Waals surface area contributed by atoms with Gasteiger partial charge in [-0.3, -0.25) is 4.79 Å². The average molecular weight is 419 g/mol. The molecule has 5 nitrogen and oxygen atoms in total. The van der Waals surface area contributed by atoms with E-state index in [-0.39, 0.29) is 11.8 Å². The van der Waals surface area contributed by atoms with E-state index in [9.17, 15) is 10.1 Å². The van der Waals surface area contributed by atoms with Gasteiger partial charge >= 0.3 is 0 Å². The van der Waals surface area contributed by atoms with Crippen LogP contribution in [0.25, 0.3) is 10.9 Å². The zero-order valence-corrected chi connectivity index (χ0v) is 17.6. The Bertz CT molecular complexity index is 1110. The molecule has 2 aromatic carbocycles. The summed E-state index contributed by atoms with van der Waals surface area (Å²) in [5.74, 6) is 0.885. The molecule has 0 bridgehead atoms. The number of amides is 1. The van der Waals surface area contributed by atoms with Crippen LogP contribution in [0.15, 0.2) is 48.5 Å². The number of nitrogens with one attached hydrogen (secondary N) is 1. The van der Waals surface area contributed by atoms with Crippen LogP contribution in [-0.4, -0.2) is 24.0 Å². The van der Waals surface area contributed by atoms with Gasteiger partial charge in [0.05, 0.1) is 17.1 Å². The Kier molecular flexibility index (Phi) is 5.87. The summed E-state index contributed by atoms with van der Waals surface area (Å²) < 4.78 is 0. The van der Waals surface area contributed by atoms with E-state index in [4.69, 9.17) is 16.6 Å². The zero-order chi connectivity index (χ0) is 21.1.